The smallest absolute Gasteiger partial charge is 0.326 e. The SMILES string of the molecule is CC(C)C1CCN(C(=O)N[C@H](CCO)C(=O)O)CC1. The monoisotopic (exact) mass is 272 g/mol. The minimum Gasteiger partial charge on any atom is -0.480 e. The summed E-state index contributed by atoms with van der Waals surface area (Å²) in [5.41, 5.74) is 0. The fraction of sp³-hybridized carbons (Fsp3) is 0.846. The van der Waals surface area contributed by atoms with Gasteiger partial charge in [-0.15, -0.1) is 0 Å². The summed E-state index contributed by atoms with van der Waals surface area (Å²) < 4.78 is 0. The van der Waals surface area contributed by atoms with Crippen LogP contribution in [0.1, 0.15) is 33.1 Å². The van der Waals surface area contributed by atoms with Gasteiger partial charge >= 0.3 is 12.0 Å². The van der Waals surface area contributed by atoms with Gasteiger partial charge in [0.05, 0.1) is 0 Å². The first-order valence-electron chi connectivity index (χ1n) is 6.84. The highest BCUT2D eigenvalue weighted by atomic mass is 16.4. The van der Waals surface area contributed by atoms with Crippen molar-refractivity contribution in [3.63, 3.8) is 0 Å². The number of aliphatic hydroxyl groups excluding tert-OH is 1. The van der Waals surface area contributed by atoms with Gasteiger partial charge in [0.1, 0.15) is 6.04 Å². The Bertz CT molecular complexity index is 312. The molecule has 0 bridgehead atoms. The second-order valence-electron chi connectivity index (χ2n) is 5.42. The Kier molecular flexibility index (Phi) is 6.08. The predicted octanol–water partition coefficient (Wildman–Crippen LogP) is 0.900. The summed E-state index contributed by atoms with van der Waals surface area (Å²) in [5, 5.41) is 20.2. The van der Waals surface area contributed by atoms with E-state index in [1.54, 1.807) is 4.90 Å². The maximum atomic E-state index is 11.9. The van der Waals surface area contributed by atoms with Crippen molar-refractivity contribution >= 4 is 12.0 Å². The maximum absolute atomic E-state index is 11.9. The van der Waals surface area contributed by atoms with Gasteiger partial charge in [-0.1, -0.05) is 13.8 Å². The molecule has 19 heavy (non-hydrogen) atoms. The van der Waals surface area contributed by atoms with Crippen LogP contribution in [0.15, 0.2) is 0 Å². The largest absolute Gasteiger partial charge is 0.480 e. The van der Waals surface area contributed by atoms with E-state index in [2.05, 4.69) is 19.2 Å². The van der Waals surface area contributed by atoms with E-state index in [9.17, 15) is 9.59 Å². The van der Waals surface area contributed by atoms with Crippen LogP contribution in [0.5, 0.6) is 0 Å². The van der Waals surface area contributed by atoms with Gasteiger partial charge in [-0.2, -0.15) is 0 Å². The third-order valence-electron chi connectivity index (χ3n) is 3.78. The fourth-order valence-electron chi connectivity index (χ4n) is 2.40. The molecule has 0 unspecified atom stereocenters. The van der Waals surface area contributed by atoms with Crippen molar-refractivity contribution < 1.29 is 19.8 Å². The molecule has 3 N–H and O–H groups in total. The number of hydrogen-bond acceptors (Lipinski definition) is 3. The predicted molar refractivity (Wildman–Crippen MR) is 70.8 cm³/mol. The van der Waals surface area contributed by atoms with Gasteiger partial charge in [-0.3, -0.25) is 0 Å². The first-order chi connectivity index (χ1) is 8.95. The zero-order valence-electron chi connectivity index (χ0n) is 11.6. The molecule has 1 aliphatic heterocycles. The number of hydrogen-bond donors (Lipinski definition) is 3. The van der Waals surface area contributed by atoms with Crippen molar-refractivity contribution in [2.24, 2.45) is 11.8 Å². The lowest BCUT2D eigenvalue weighted by molar-refractivity contribution is -0.139. The Morgan fingerprint density at radius 2 is 1.89 bits per heavy atom. The molecule has 0 spiro atoms. The topological polar surface area (TPSA) is 89.9 Å². The van der Waals surface area contributed by atoms with E-state index in [0.717, 1.165) is 12.8 Å². The number of aliphatic hydroxyl groups is 1. The van der Waals surface area contributed by atoms with Crippen molar-refractivity contribution in [1.29, 1.82) is 0 Å². The molecule has 0 aromatic carbocycles. The number of urea groups is 1. The number of amides is 2. The van der Waals surface area contributed by atoms with Crippen LogP contribution in [0.3, 0.4) is 0 Å². The first-order valence-corrected chi connectivity index (χ1v) is 6.84. The normalized spacial score (nSPS) is 18.4. The average molecular weight is 272 g/mol. The molecule has 6 heteroatoms. The molecule has 1 aliphatic rings. The molecular formula is C13H24N2O4. The quantitative estimate of drug-likeness (QED) is 0.693. The van der Waals surface area contributed by atoms with Crippen molar-refractivity contribution in [3.05, 3.63) is 0 Å². The summed E-state index contributed by atoms with van der Waals surface area (Å²) in [4.78, 5) is 24.5. The summed E-state index contributed by atoms with van der Waals surface area (Å²) >= 11 is 0. The summed E-state index contributed by atoms with van der Waals surface area (Å²) in [6.07, 6.45) is 1.95. The van der Waals surface area contributed by atoms with Crippen molar-refractivity contribution in [3.8, 4) is 0 Å². The van der Waals surface area contributed by atoms with Gasteiger partial charge in [-0.25, -0.2) is 9.59 Å². The number of piperidine rings is 1. The number of carboxylic acids is 1. The lowest BCUT2D eigenvalue weighted by Gasteiger charge is -2.34. The Balaban J connectivity index is 2.44. The zero-order valence-corrected chi connectivity index (χ0v) is 11.6. The molecule has 1 fully saturated rings. The molecule has 1 saturated heterocycles. The van der Waals surface area contributed by atoms with Gasteiger partial charge in [-0.05, 0) is 24.7 Å². The van der Waals surface area contributed by atoms with E-state index in [4.69, 9.17) is 10.2 Å². The molecule has 0 aromatic rings. The first kappa shape index (κ1) is 15.8. The van der Waals surface area contributed by atoms with Crippen molar-refractivity contribution in [2.75, 3.05) is 19.7 Å². The molecular weight excluding hydrogens is 248 g/mol. The van der Waals surface area contributed by atoms with Crippen LogP contribution in [0, 0.1) is 11.8 Å². The van der Waals surface area contributed by atoms with E-state index in [1.165, 1.54) is 0 Å². The van der Waals surface area contributed by atoms with Gasteiger partial charge in [0, 0.05) is 26.1 Å². The third kappa shape index (κ3) is 4.70. The van der Waals surface area contributed by atoms with Crippen LogP contribution in [0.4, 0.5) is 4.79 Å². The summed E-state index contributed by atoms with van der Waals surface area (Å²) in [7, 11) is 0. The van der Waals surface area contributed by atoms with E-state index in [0.29, 0.717) is 24.9 Å². The van der Waals surface area contributed by atoms with Gasteiger partial charge < -0.3 is 20.4 Å². The summed E-state index contributed by atoms with van der Waals surface area (Å²) in [6.45, 7) is 5.44. The Hall–Kier alpha value is -1.30. The Morgan fingerprint density at radius 3 is 2.32 bits per heavy atom. The van der Waals surface area contributed by atoms with E-state index in [-0.39, 0.29) is 19.1 Å². The van der Waals surface area contributed by atoms with Crippen LogP contribution < -0.4 is 5.32 Å². The second kappa shape index (κ2) is 7.33. The molecule has 0 aromatic heterocycles. The number of nitrogens with zero attached hydrogens (tertiary/aromatic N) is 1. The highest BCUT2D eigenvalue weighted by molar-refractivity contribution is 5.82. The van der Waals surface area contributed by atoms with Crippen LogP contribution >= 0.6 is 0 Å². The highest BCUT2D eigenvalue weighted by Crippen LogP contribution is 2.24. The Morgan fingerprint density at radius 1 is 1.32 bits per heavy atom. The van der Waals surface area contributed by atoms with E-state index in [1.807, 2.05) is 0 Å². The van der Waals surface area contributed by atoms with Crippen LogP contribution in [-0.4, -0.2) is 52.9 Å². The van der Waals surface area contributed by atoms with E-state index < -0.39 is 12.0 Å². The number of carbonyl (C=O) groups is 2. The molecule has 1 heterocycles. The molecule has 0 radical (unpaired) electrons. The van der Waals surface area contributed by atoms with Crippen LogP contribution in [0.2, 0.25) is 0 Å². The van der Waals surface area contributed by atoms with Crippen LogP contribution in [-0.2, 0) is 4.79 Å². The lowest BCUT2D eigenvalue weighted by atomic mass is 9.87. The zero-order chi connectivity index (χ0) is 14.4. The molecule has 110 valence electrons. The van der Waals surface area contributed by atoms with Gasteiger partial charge in [0.25, 0.3) is 0 Å². The lowest BCUT2D eigenvalue weighted by Crippen LogP contribution is -2.50. The molecule has 1 rings (SSSR count). The van der Waals surface area contributed by atoms with Crippen molar-refractivity contribution in [2.45, 2.75) is 39.2 Å². The standard InChI is InChI=1S/C13H24N2O4/c1-9(2)10-3-6-15(7-4-10)13(19)14-11(5-8-16)12(17)18/h9-11,16H,3-8H2,1-2H3,(H,14,19)(H,17,18)/t11-/m1/s1. The van der Waals surface area contributed by atoms with Gasteiger partial charge in [0.2, 0.25) is 0 Å². The Labute approximate surface area is 113 Å². The molecule has 6 nitrogen and oxygen atoms in total. The van der Waals surface area contributed by atoms with Crippen molar-refractivity contribution in [1.82, 2.24) is 10.2 Å². The average Bonchev–Trinajstić information content (AvgIpc) is 2.38. The molecule has 1 atom stereocenters. The number of carbonyl (C=O) groups excluding carboxylic acids is 1. The highest BCUT2D eigenvalue weighted by Gasteiger charge is 2.27. The number of aliphatic carboxylic acids is 1. The molecule has 2 amide bonds. The molecule has 0 aliphatic carbocycles. The number of carboxylic acid groups (broad SMARTS) is 1. The van der Waals surface area contributed by atoms with Gasteiger partial charge in [0.15, 0.2) is 0 Å². The third-order valence-corrected chi connectivity index (χ3v) is 3.78. The number of rotatable bonds is 5. The minimum atomic E-state index is -1.11. The number of likely N-dealkylation sites (tertiary alicyclic amines) is 1. The number of nitrogens with one attached hydrogen (secondary N) is 1. The maximum Gasteiger partial charge on any atom is 0.326 e. The second-order valence-corrected chi connectivity index (χ2v) is 5.42. The van der Waals surface area contributed by atoms with Crippen LogP contribution in [0.25, 0.3) is 0 Å². The minimum absolute atomic E-state index is 0.0313. The summed E-state index contributed by atoms with van der Waals surface area (Å²) in [6, 6.07) is -1.36. The summed E-state index contributed by atoms with van der Waals surface area (Å²) in [5.74, 6) is 0.141. The van der Waals surface area contributed by atoms with E-state index >= 15 is 0 Å². The molecule has 0 saturated carbocycles. The fourth-order valence-corrected chi connectivity index (χ4v) is 2.40.